The summed E-state index contributed by atoms with van der Waals surface area (Å²) in [6.07, 6.45) is 7.97. The maximum Gasteiger partial charge on any atom is 0.213 e. The van der Waals surface area contributed by atoms with Crippen molar-refractivity contribution in [1.82, 2.24) is 10.3 Å². The molecule has 1 unspecified atom stereocenters. The summed E-state index contributed by atoms with van der Waals surface area (Å²) >= 11 is 0. The van der Waals surface area contributed by atoms with Gasteiger partial charge in [-0.25, -0.2) is 4.98 Å². The number of hydrogen-bond acceptors (Lipinski definition) is 3. The molecule has 114 valence electrons. The predicted octanol–water partition coefficient (Wildman–Crippen LogP) is 4.18. The van der Waals surface area contributed by atoms with E-state index in [1.54, 1.807) is 0 Å². The molecule has 1 rings (SSSR count). The Bertz CT molecular complexity index is 355. The molecule has 20 heavy (non-hydrogen) atoms. The van der Waals surface area contributed by atoms with Crippen LogP contribution >= 0.6 is 0 Å². The molecular weight excluding hydrogens is 248 g/mol. The van der Waals surface area contributed by atoms with Crippen LogP contribution in [0.5, 0.6) is 5.88 Å². The molecule has 0 bridgehead atoms. The van der Waals surface area contributed by atoms with Crippen LogP contribution < -0.4 is 10.1 Å². The Labute approximate surface area is 124 Å². The third-order valence-corrected chi connectivity index (χ3v) is 3.57. The first-order chi connectivity index (χ1) is 9.80. The zero-order valence-electron chi connectivity index (χ0n) is 13.3. The zero-order valence-corrected chi connectivity index (χ0v) is 13.3. The minimum absolute atomic E-state index is 0.652. The third kappa shape index (κ3) is 6.90. The average Bonchev–Trinajstić information content (AvgIpc) is 2.48. The van der Waals surface area contributed by atoms with E-state index in [-0.39, 0.29) is 0 Å². The van der Waals surface area contributed by atoms with E-state index in [0.717, 1.165) is 32.0 Å². The maximum atomic E-state index is 5.86. The molecule has 1 atom stereocenters. The van der Waals surface area contributed by atoms with Crippen molar-refractivity contribution in [3.05, 3.63) is 23.9 Å². The Morgan fingerprint density at radius 2 is 2.10 bits per heavy atom. The topological polar surface area (TPSA) is 34.1 Å². The van der Waals surface area contributed by atoms with Crippen LogP contribution in [-0.4, -0.2) is 18.1 Å². The van der Waals surface area contributed by atoms with E-state index in [9.17, 15) is 0 Å². The van der Waals surface area contributed by atoms with Gasteiger partial charge in [-0.15, -0.1) is 0 Å². The highest BCUT2D eigenvalue weighted by Crippen LogP contribution is 2.16. The summed E-state index contributed by atoms with van der Waals surface area (Å²) in [6.45, 7) is 9.38. The number of nitrogens with zero attached hydrogens (tertiary/aromatic N) is 1. The number of hydrogen-bond donors (Lipinski definition) is 1. The van der Waals surface area contributed by atoms with Crippen LogP contribution in [0.25, 0.3) is 0 Å². The van der Waals surface area contributed by atoms with E-state index >= 15 is 0 Å². The Kier molecular flexibility index (Phi) is 9.05. The molecule has 0 aliphatic carbocycles. The molecule has 0 saturated carbocycles. The molecule has 3 nitrogen and oxygen atoms in total. The SMILES string of the molecule is CCCCC(CC)COc1cc(CNCCC)ccn1. The van der Waals surface area contributed by atoms with Crippen LogP contribution in [-0.2, 0) is 6.54 Å². The summed E-state index contributed by atoms with van der Waals surface area (Å²) in [5, 5.41) is 3.40. The molecule has 1 heterocycles. The van der Waals surface area contributed by atoms with Gasteiger partial charge in [-0.1, -0.05) is 40.0 Å². The normalized spacial score (nSPS) is 12.3. The molecule has 0 aliphatic rings. The van der Waals surface area contributed by atoms with E-state index in [1.165, 1.54) is 31.2 Å². The number of nitrogens with one attached hydrogen (secondary N) is 1. The van der Waals surface area contributed by atoms with Crippen molar-refractivity contribution in [2.24, 2.45) is 5.92 Å². The molecule has 0 aliphatic heterocycles. The highest BCUT2D eigenvalue weighted by atomic mass is 16.5. The number of aromatic nitrogens is 1. The molecule has 1 aromatic heterocycles. The van der Waals surface area contributed by atoms with E-state index < -0.39 is 0 Å². The van der Waals surface area contributed by atoms with Gasteiger partial charge in [0, 0.05) is 18.8 Å². The van der Waals surface area contributed by atoms with Crippen molar-refractivity contribution in [2.75, 3.05) is 13.2 Å². The molecule has 3 heteroatoms. The number of unbranched alkanes of at least 4 members (excludes halogenated alkanes) is 1. The van der Waals surface area contributed by atoms with Gasteiger partial charge in [0.1, 0.15) is 0 Å². The van der Waals surface area contributed by atoms with Crippen LogP contribution in [0.15, 0.2) is 18.3 Å². The summed E-state index contributed by atoms with van der Waals surface area (Å²) < 4.78 is 5.86. The number of pyridine rings is 1. The molecule has 0 amide bonds. The van der Waals surface area contributed by atoms with Gasteiger partial charge in [-0.3, -0.25) is 0 Å². The first-order valence-corrected chi connectivity index (χ1v) is 8.08. The van der Waals surface area contributed by atoms with Crippen molar-refractivity contribution in [1.29, 1.82) is 0 Å². The third-order valence-electron chi connectivity index (χ3n) is 3.57. The van der Waals surface area contributed by atoms with Crippen LogP contribution in [0.3, 0.4) is 0 Å². The van der Waals surface area contributed by atoms with Gasteiger partial charge in [0.15, 0.2) is 0 Å². The quantitative estimate of drug-likeness (QED) is 0.617. The fourth-order valence-corrected chi connectivity index (χ4v) is 2.15. The van der Waals surface area contributed by atoms with Gasteiger partial charge >= 0.3 is 0 Å². The molecule has 0 aromatic carbocycles. The monoisotopic (exact) mass is 278 g/mol. The fraction of sp³-hybridized carbons (Fsp3) is 0.706. The van der Waals surface area contributed by atoms with Gasteiger partial charge in [0.05, 0.1) is 6.61 Å². The summed E-state index contributed by atoms with van der Waals surface area (Å²) in [4.78, 5) is 4.30. The van der Waals surface area contributed by atoms with Crippen LogP contribution in [0.1, 0.15) is 58.4 Å². The molecule has 1 aromatic rings. The van der Waals surface area contributed by atoms with Crippen molar-refractivity contribution in [2.45, 2.75) is 59.4 Å². The highest BCUT2D eigenvalue weighted by molar-refractivity contribution is 5.20. The molecule has 0 saturated heterocycles. The summed E-state index contributed by atoms with van der Waals surface area (Å²) in [7, 11) is 0. The Balaban J connectivity index is 2.40. The second-order valence-electron chi connectivity index (χ2n) is 5.41. The molecule has 1 N–H and O–H groups in total. The van der Waals surface area contributed by atoms with Crippen molar-refractivity contribution in [3.8, 4) is 5.88 Å². The van der Waals surface area contributed by atoms with Crippen LogP contribution in [0.4, 0.5) is 0 Å². The van der Waals surface area contributed by atoms with E-state index in [1.807, 2.05) is 12.3 Å². The van der Waals surface area contributed by atoms with E-state index in [4.69, 9.17) is 4.74 Å². The lowest BCUT2D eigenvalue weighted by molar-refractivity contribution is 0.225. The van der Waals surface area contributed by atoms with Gasteiger partial charge in [-0.05, 0) is 36.9 Å². The summed E-state index contributed by atoms with van der Waals surface area (Å²) in [5.41, 5.74) is 1.24. The lowest BCUT2D eigenvalue weighted by atomic mass is 10.0. The minimum Gasteiger partial charge on any atom is -0.477 e. The lowest BCUT2D eigenvalue weighted by Crippen LogP contribution is -2.14. The number of rotatable bonds is 11. The van der Waals surface area contributed by atoms with Gasteiger partial charge in [0.25, 0.3) is 0 Å². The Morgan fingerprint density at radius 3 is 2.80 bits per heavy atom. The van der Waals surface area contributed by atoms with Gasteiger partial charge in [0.2, 0.25) is 5.88 Å². The Morgan fingerprint density at radius 1 is 1.25 bits per heavy atom. The van der Waals surface area contributed by atoms with Crippen LogP contribution in [0, 0.1) is 5.92 Å². The molecule has 0 fully saturated rings. The average molecular weight is 278 g/mol. The van der Waals surface area contributed by atoms with E-state index in [0.29, 0.717) is 5.92 Å². The summed E-state index contributed by atoms with van der Waals surface area (Å²) in [5.74, 6) is 1.41. The zero-order chi connectivity index (χ0) is 14.6. The first-order valence-electron chi connectivity index (χ1n) is 8.08. The second kappa shape index (κ2) is 10.7. The first kappa shape index (κ1) is 17.0. The number of ether oxygens (including phenoxy) is 1. The van der Waals surface area contributed by atoms with Gasteiger partial charge in [-0.2, -0.15) is 0 Å². The Hall–Kier alpha value is -1.09. The lowest BCUT2D eigenvalue weighted by Gasteiger charge is -2.15. The molecular formula is C17H30N2O. The predicted molar refractivity (Wildman–Crippen MR) is 85.0 cm³/mol. The standard InChI is InChI=1S/C17H30N2O/c1-4-7-8-15(6-3)14-20-17-12-16(9-11-19-17)13-18-10-5-2/h9,11-12,15,18H,4-8,10,13-14H2,1-3H3. The summed E-state index contributed by atoms with van der Waals surface area (Å²) in [6, 6.07) is 4.10. The fourth-order valence-electron chi connectivity index (χ4n) is 2.15. The van der Waals surface area contributed by atoms with Gasteiger partial charge < -0.3 is 10.1 Å². The largest absolute Gasteiger partial charge is 0.477 e. The van der Waals surface area contributed by atoms with Crippen LogP contribution in [0.2, 0.25) is 0 Å². The second-order valence-corrected chi connectivity index (χ2v) is 5.41. The maximum absolute atomic E-state index is 5.86. The van der Waals surface area contributed by atoms with Crippen molar-refractivity contribution >= 4 is 0 Å². The minimum atomic E-state index is 0.652. The van der Waals surface area contributed by atoms with E-state index in [2.05, 4.69) is 37.1 Å². The highest BCUT2D eigenvalue weighted by Gasteiger charge is 2.07. The van der Waals surface area contributed by atoms with Crippen molar-refractivity contribution < 1.29 is 4.74 Å². The van der Waals surface area contributed by atoms with Crippen molar-refractivity contribution in [3.63, 3.8) is 0 Å². The smallest absolute Gasteiger partial charge is 0.213 e. The molecule has 0 radical (unpaired) electrons. The molecule has 0 spiro atoms.